The maximum atomic E-state index is 11.9. The van der Waals surface area contributed by atoms with Crippen LogP contribution in [0.5, 0.6) is 0 Å². The van der Waals surface area contributed by atoms with Crippen molar-refractivity contribution in [3.05, 3.63) is 29.8 Å². The first-order chi connectivity index (χ1) is 9.10. The van der Waals surface area contributed by atoms with Crippen LogP contribution in [-0.2, 0) is 9.59 Å². The topological polar surface area (TPSA) is 73.2 Å². The standard InChI is InChI=1S/C14H15N3O2/c1-10-6-14(19)17(8-10)9-13(18)16-12-5-3-2-4-11(12)7-15/h2-5,10H,6,8-9H2,1H3,(H,16,18). The Labute approximate surface area is 111 Å². The van der Waals surface area contributed by atoms with Crippen molar-refractivity contribution in [2.24, 2.45) is 5.92 Å². The molecule has 0 bridgehead atoms. The van der Waals surface area contributed by atoms with Gasteiger partial charge in [-0.25, -0.2) is 0 Å². The summed E-state index contributed by atoms with van der Waals surface area (Å²) in [5.74, 6) is 0.0352. The van der Waals surface area contributed by atoms with E-state index in [0.29, 0.717) is 30.1 Å². The van der Waals surface area contributed by atoms with Gasteiger partial charge < -0.3 is 10.2 Å². The van der Waals surface area contributed by atoms with Gasteiger partial charge in [0, 0.05) is 13.0 Å². The second-order valence-electron chi connectivity index (χ2n) is 4.79. The first-order valence-electron chi connectivity index (χ1n) is 6.17. The number of nitrogens with zero attached hydrogens (tertiary/aromatic N) is 2. The van der Waals surface area contributed by atoms with Crippen LogP contribution in [-0.4, -0.2) is 29.8 Å². The molecule has 0 spiro atoms. The molecule has 1 saturated heterocycles. The van der Waals surface area contributed by atoms with E-state index in [1.807, 2.05) is 13.0 Å². The van der Waals surface area contributed by atoms with Gasteiger partial charge in [0.2, 0.25) is 11.8 Å². The Morgan fingerprint density at radius 2 is 2.26 bits per heavy atom. The van der Waals surface area contributed by atoms with Crippen molar-refractivity contribution >= 4 is 17.5 Å². The lowest BCUT2D eigenvalue weighted by atomic mass is 10.2. The largest absolute Gasteiger partial charge is 0.333 e. The Kier molecular flexibility index (Phi) is 3.81. The van der Waals surface area contributed by atoms with E-state index in [0.717, 1.165) is 0 Å². The lowest BCUT2D eigenvalue weighted by molar-refractivity contribution is -0.131. The fourth-order valence-electron chi connectivity index (χ4n) is 2.18. The number of amides is 2. The molecule has 5 nitrogen and oxygen atoms in total. The predicted octanol–water partition coefficient (Wildman–Crippen LogP) is 1.37. The molecule has 1 N–H and O–H groups in total. The zero-order valence-corrected chi connectivity index (χ0v) is 10.7. The Morgan fingerprint density at radius 1 is 1.53 bits per heavy atom. The maximum Gasteiger partial charge on any atom is 0.244 e. The number of rotatable bonds is 3. The number of carbonyl (C=O) groups is 2. The molecule has 0 aromatic heterocycles. The van der Waals surface area contributed by atoms with Gasteiger partial charge in [-0.1, -0.05) is 19.1 Å². The zero-order valence-electron chi connectivity index (χ0n) is 10.7. The third-order valence-corrected chi connectivity index (χ3v) is 3.06. The lowest BCUT2D eigenvalue weighted by Gasteiger charge is -2.15. The second-order valence-corrected chi connectivity index (χ2v) is 4.79. The van der Waals surface area contributed by atoms with Gasteiger partial charge in [-0.05, 0) is 18.1 Å². The molecule has 1 aromatic carbocycles. The van der Waals surface area contributed by atoms with Crippen molar-refractivity contribution in [2.45, 2.75) is 13.3 Å². The highest BCUT2D eigenvalue weighted by molar-refractivity contribution is 5.95. The summed E-state index contributed by atoms with van der Waals surface area (Å²) in [7, 11) is 0. The highest BCUT2D eigenvalue weighted by Gasteiger charge is 2.27. The Bertz CT molecular complexity index is 548. The maximum absolute atomic E-state index is 11.9. The van der Waals surface area contributed by atoms with Crippen LogP contribution >= 0.6 is 0 Å². The molecule has 1 fully saturated rings. The van der Waals surface area contributed by atoms with Gasteiger partial charge in [0.05, 0.1) is 17.8 Å². The molecule has 1 atom stereocenters. The minimum atomic E-state index is -0.273. The lowest BCUT2D eigenvalue weighted by Crippen LogP contribution is -2.34. The summed E-state index contributed by atoms with van der Waals surface area (Å²) in [6, 6.07) is 8.81. The van der Waals surface area contributed by atoms with E-state index in [-0.39, 0.29) is 18.4 Å². The van der Waals surface area contributed by atoms with Crippen LogP contribution in [0.1, 0.15) is 18.9 Å². The average Bonchev–Trinajstić information content (AvgIpc) is 2.68. The number of para-hydroxylation sites is 1. The van der Waals surface area contributed by atoms with E-state index >= 15 is 0 Å². The van der Waals surface area contributed by atoms with Crippen LogP contribution < -0.4 is 5.32 Å². The van der Waals surface area contributed by atoms with E-state index in [1.165, 1.54) is 0 Å². The molecule has 2 rings (SSSR count). The van der Waals surface area contributed by atoms with E-state index in [1.54, 1.807) is 29.2 Å². The summed E-state index contributed by atoms with van der Waals surface area (Å²) >= 11 is 0. The fourth-order valence-corrected chi connectivity index (χ4v) is 2.18. The van der Waals surface area contributed by atoms with Crippen molar-refractivity contribution in [1.29, 1.82) is 5.26 Å². The van der Waals surface area contributed by atoms with Crippen LogP contribution in [0.4, 0.5) is 5.69 Å². The van der Waals surface area contributed by atoms with Crippen LogP contribution in [0, 0.1) is 17.2 Å². The predicted molar refractivity (Wildman–Crippen MR) is 70.1 cm³/mol. The van der Waals surface area contributed by atoms with E-state index < -0.39 is 0 Å². The van der Waals surface area contributed by atoms with Gasteiger partial charge in [0.25, 0.3) is 0 Å². The zero-order chi connectivity index (χ0) is 13.8. The number of hydrogen-bond donors (Lipinski definition) is 1. The molecule has 2 amide bonds. The molecule has 1 heterocycles. The molecule has 0 aliphatic carbocycles. The number of hydrogen-bond acceptors (Lipinski definition) is 3. The number of nitriles is 1. The van der Waals surface area contributed by atoms with Crippen molar-refractivity contribution in [3.63, 3.8) is 0 Å². The average molecular weight is 257 g/mol. The minimum absolute atomic E-state index is 0.0104. The molecule has 19 heavy (non-hydrogen) atoms. The molecule has 1 aromatic rings. The van der Waals surface area contributed by atoms with E-state index in [9.17, 15) is 9.59 Å². The SMILES string of the molecule is CC1CC(=O)N(CC(=O)Nc2ccccc2C#N)C1. The van der Waals surface area contributed by atoms with Crippen LogP contribution in [0.2, 0.25) is 0 Å². The highest BCUT2D eigenvalue weighted by Crippen LogP contribution is 2.17. The first-order valence-corrected chi connectivity index (χ1v) is 6.17. The summed E-state index contributed by atoms with van der Waals surface area (Å²) in [4.78, 5) is 25.0. The molecular formula is C14H15N3O2. The smallest absolute Gasteiger partial charge is 0.244 e. The number of carbonyl (C=O) groups excluding carboxylic acids is 2. The van der Waals surface area contributed by atoms with E-state index in [4.69, 9.17) is 5.26 Å². The van der Waals surface area contributed by atoms with E-state index in [2.05, 4.69) is 5.32 Å². The number of likely N-dealkylation sites (tertiary alicyclic amines) is 1. The highest BCUT2D eigenvalue weighted by atomic mass is 16.2. The van der Waals surface area contributed by atoms with Crippen molar-refractivity contribution in [2.75, 3.05) is 18.4 Å². The van der Waals surface area contributed by atoms with Crippen LogP contribution in [0.3, 0.4) is 0 Å². The van der Waals surface area contributed by atoms with Crippen LogP contribution in [0.15, 0.2) is 24.3 Å². The summed E-state index contributed by atoms with van der Waals surface area (Å²) in [6.07, 6.45) is 0.502. The van der Waals surface area contributed by atoms with Gasteiger partial charge in [-0.15, -0.1) is 0 Å². The molecular weight excluding hydrogens is 242 g/mol. The molecule has 0 radical (unpaired) electrons. The van der Waals surface area contributed by atoms with Crippen LogP contribution in [0.25, 0.3) is 0 Å². The molecule has 1 aliphatic rings. The minimum Gasteiger partial charge on any atom is -0.333 e. The molecule has 1 unspecified atom stereocenters. The quantitative estimate of drug-likeness (QED) is 0.888. The third kappa shape index (κ3) is 3.10. The summed E-state index contributed by atoms with van der Waals surface area (Å²) in [6.45, 7) is 2.65. The Balaban J connectivity index is 1.99. The molecule has 98 valence electrons. The fraction of sp³-hybridized carbons (Fsp3) is 0.357. The number of anilines is 1. The normalized spacial score (nSPS) is 18.2. The summed E-state index contributed by atoms with van der Waals surface area (Å²) in [5.41, 5.74) is 0.895. The number of nitrogens with one attached hydrogen (secondary N) is 1. The summed E-state index contributed by atoms with van der Waals surface area (Å²) in [5, 5.41) is 11.6. The van der Waals surface area contributed by atoms with Gasteiger partial charge in [0.15, 0.2) is 0 Å². The van der Waals surface area contributed by atoms with Gasteiger partial charge in [-0.2, -0.15) is 5.26 Å². The van der Waals surface area contributed by atoms with Gasteiger partial charge in [-0.3, -0.25) is 9.59 Å². The Morgan fingerprint density at radius 3 is 2.89 bits per heavy atom. The Hall–Kier alpha value is -2.35. The first kappa shape index (κ1) is 13.1. The number of benzene rings is 1. The summed E-state index contributed by atoms with van der Waals surface area (Å²) < 4.78 is 0. The van der Waals surface area contributed by atoms with Crippen molar-refractivity contribution in [1.82, 2.24) is 4.90 Å². The van der Waals surface area contributed by atoms with Gasteiger partial charge in [0.1, 0.15) is 6.07 Å². The molecule has 5 heteroatoms. The molecule has 0 saturated carbocycles. The monoisotopic (exact) mass is 257 g/mol. The second kappa shape index (κ2) is 5.53. The third-order valence-electron chi connectivity index (χ3n) is 3.06. The van der Waals surface area contributed by atoms with Crippen molar-refractivity contribution in [3.8, 4) is 6.07 Å². The van der Waals surface area contributed by atoms with Crippen molar-refractivity contribution < 1.29 is 9.59 Å². The van der Waals surface area contributed by atoms with Gasteiger partial charge >= 0.3 is 0 Å². The molecule has 1 aliphatic heterocycles.